The van der Waals surface area contributed by atoms with Gasteiger partial charge in [-0.15, -0.1) is 0 Å². The highest BCUT2D eigenvalue weighted by atomic mass is 32.2. The average molecular weight is 610 g/mol. The van der Waals surface area contributed by atoms with Crippen molar-refractivity contribution in [1.82, 2.24) is 10.2 Å². The Hall–Kier alpha value is -4.05. The van der Waals surface area contributed by atoms with E-state index >= 15 is 0 Å². The number of aryl methyl sites for hydroxylation is 2. The Morgan fingerprint density at radius 1 is 0.907 bits per heavy atom. The van der Waals surface area contributed by atoms with E-state index in [1.807, 2.05) is 52.8 Å². The average Bonchev–Trinajstić information content (AvgIpc) is 2.98. The molecule has 0 aromatic heterocycles. The Morgan fingerprint density at radius 3 is 2.19 bits per heavy atom. The summed E-state index contributed by atoms with van der Waals surface area (Å²) in [6.45, 7) is 9.49. The topological polar surface area (TPSA) is 105 Å². The minimum atomic E-state index is -4.22. The van der Waals surface area contributed by atoms with Gasteiger partial charge >= 0.3 is 0 Å². The molecule has 1 atom stereocenters. The number of hydrogen-bond donors (Lipinski definition) is 1. The van der Waals surface area contributed by atoms with Gasteiger partial charge in [-0.25, -0.2) is 8.42 Å². The summed E-state index contributed by atoms with van der Waals surface area (Å²) in [6, 6.07) is 18.0. The van der Waals surface area contributed by atoms with Crippen molar-refractivity contribution in [2.24, 2.45) is 5.92 Å². The smallest absolute Gasteiger partial charge is 0.264 e. The lowest BCUT2D eigenvalue weighted by atomic mass is 10.1. The Labute approximate surface area is 255 Å². The molecule has 0 radical (unpaired) electrons. The Morgan fingerprint density at radius 2 is 1.58 bits per heavy atom. The van der Waals surface area contributed by atoms with Gasteiger partial charge in [0.1, 0.15) is 24.1 Å². The second kappa shape index (κ2) is 14.9. The monoisotopic (exact) mass is 609 g/mol. The van der Waals surface area contributed by atoms with Gasteiger partial charge in [-0.3, -0.25) is 13.9 Å². The maximum absolute atomic E-state index is 14.3. The van der Waals surface area contributed by atoms with E-state index in [0.29, 0.717) is 24.5 Å². The van der Waals surface area contributed by atoms with Crippen LogP contribution in [-0.2, 0) is 26.2 Å². The van der Waals surface area contributed by atoms with E-state index in [-0.39, 0.29) is 29.0 Å². The zero-order valence-electron chi connectivity index (χ0n) is 26.1. The molecule has 232 valence electrons. The van der Waals surface area contributed by atoms with Crippen LogP contribution in [0.15, 0.2) is 71.6 Å². The number of benzene rings is 3. The van der Waals surface area contributed by atoms with E-state index in [1.165, 1.54) is 24.1 Å². The molecule has 0 heterocycles. The summed E-state index contributed by atoms with van der Waals surface area (Å²) in [6.07, 6.45) is 0.331. The fraction of sp³-hybridized carbons (Fsp3) is 0.394. The third kappa shape index (κ3) is 8.50. The van der Waals surface area contributed by atoms with Gasteiger partial charge < -0.3 is 19.7 Å². The fourth-order valence-corrected chi connectivity index (χ4v) is 6.07. The van der Waals surface area contributed by atoms with Crippen LogP contribution in [0.2, 0.25) is 0 Å². The molecule has 0 aliphatic carbocycles. The number of sulfonamides is 1. The van der Waals surface area contributed by atoms with Crippen molar-refractivity contribution in [2.75, 3.05) is 31.6 Å². The Bertz CT molecular complexity index is 1510. The van der Waals surface area contributed by atoms with E-state index in [1.54, 1.807) is 43.5 Å². The number of amides is 2. The van der Waals surface area contributed by atoms with Crippen LogP contribution in [0.3, 0.4) is 0 Å². The maximum Gasteiger partial charge on any atom is 0.264 e. The number of nitrogens with one attached hydrogen (secondary N) is 1. The SMILES string of the molecule is CC[C@H](C(=O)NCC(C)C)N(Cc1cccc(OC)c1)C(=O)CN(c1cc(C)ccc1OC)S(=O)(=O)c1ccc(C)cc1. The number of rotatable bonds is 14. The number of carbonyl (C=O) groups is 2. The van der Waals surface area contributed by atoms with Gasteiger partial charge in [-0.05, 0) is 73.7 Å². The minimum absolute atomic E-state index is 0.0375. The van der Waals surface area contributed by atoms with Crippen LogP contribution in [0.25, 0.3) is 0 Å². The van der Waals surface area contributed by atoms with Crippen LogP contribution in [-0.4, -0.2) is 58.5 Å². The van der Waals surface area contributed by atoms with E-state index in [0.717, 1.165) is 21.0 Å². The van der Waals surface area contributed by atoms with Gasteiger partial charge in [0.15, 0.2) is 0 Å². The van der Waals surface area contributed by atoms with Crippen LogP contribution in [0, 0.1) is 19.8 Å². The molecule has 9 nitrogen and oxygen atoms in total. The highest BCUT2D eigenvalue weighted by molar-refractivity contribution is 7.92. The van der Waals surface area contributed by atoms with Gasteiger partial charge in [0.05, 0.1) is 24.8 Å². The molecule has 0 unspecified atom stereocenters. The summed E-state index contributed by atoms with van der Waals surface area (Å²) >= 11 is 0. The maximum atomic E-state index is 14.3. The minimum Gasteiger partial charge on any atom is -0.497 e. The van der Waals surface area contributed by atoms with Crippen molar-refractivity contribution in [3.8, 4) is 11.5 Å². The largest absolute Gasteiger partial charge is 0.497 e. The Kier molecular flexibility index (Phi) is 11.6. The Balaban J connectivity index is 2.12. The van der Waals surface area contributed by atoms with Gasteiger partial charge in [-0.2, -0.15) is 0 Å². The van der Waals surface area contributed by atoms with Crippen molar-refractivity contribution >= 4 is 27.5 Å². The lowest BCUT2D eigenvalue weighted by Crippen LogP contribution is -2.52. The van der Waals surface area contributed by atoms with E-state index in [4.69, 9.17) is 9.47 Å². The number of ether oxygens (including phenoxy) is 2. The van der Waals surface area contributed by atoms with Gasteiger partial charge in [0.25, 0.3) is 10.0 Å². The highest BCUT2D eigenvalue weighted by Gasteiger charge is 2.35. The molecule has 0 fully saturated rings. The third-order valence-electron chi connectivity index (χ3n) is 7.05. The number of anilines is 1. The summed E-state index contributed by atoms with van der Waals surface area (Å²) in [7, 11) is -1.21. The quantitative estimate of drug-likeness (QED) is 0.273. The second-order valence-electron chi connectivity index (χ2n) is 10.9. The summed E-state index contributed by atoms with van der Waals surface area (Å²) in [4.78, 5) is 29.2. The summed E-state index contributed by atoms with van der Waals surface area (Å²) < 4.78 is 40.3. The van der Waals surface area contributed by atoms with Crippen molar-refractivity contribution in [3.63, 3.8) is 0 Å². The number of methoxy groups -OCH3 is 2. The number of nitrogens with zero attached hydrogens (tertiary/aromatic N) is 2. The lowest BCUT2D eigenvalue weighted by molar-refractivity contribution is -0.140. The first-order valence-corrected chi connectivity index (χ1v) is 15.8. The van der Waals surface area contributed by atoms with E-state index in [2.05, 4.69) is 5.32 Å². The predicted octanol–water partition coefficient (Wildman–Crippen LogP) is 5.10. The van der Waals surface area contributed by atoms with Crippen LogP contribution in [0.5, 0.6) is 11.5 Å². The van der Waals surface area contributed by atoms with Crippen molar-refractivity contribution < 1.29 is 27.5 Å². The molecule has 0 spiro atoms. The van der Waals surface area contributed by atoms with Crippen LogP contribution in [0.4, 0.5) is 5.69 Å². The molecule has 3 aromatic rings. The zero-order valence-corrected chi connectivity index (χ0v) is 26.9. The van der Waals surface area contributed by atoms with Gasteiger partial charge in [-0.1, -0.05) is 56.7 Å². The molecule has 0 aliphatic rings. The van der Waals surface area contributed by atoms with Gasteiger partial charge in [0, 0.05) is 13.1 Å². The molecule has 43 heavy (non-hydrogen) atoms. The first-order chi connectivity index (χ1) is 20.4. The molecule has 0 saturated carbocycles. The third-order valence-corrected chi connectivity index (χ3v) is 8.82. The number of hydrogen-bond acceptors (Lipinski definition) is 6. The van der Waals surface area contributed by atoms with E-state index in [9.17, 15) is 18.0 Å². The molecule has 0 saturated heterocycles. The first kappa shape index (κ1) is 33.5. The zero-order chi connectivity index (χ0) is 31.7. The molecule has 0 aliphatic heterocycles. The lowest BCUT2D eigenvalue weighted by Gasteiger charge is -2.33. The summed E-state index contributed by atoms with van der Waals surface area (Å²) in [5.74, 6) is 0.292. The van der Waals surface area contributed by atoms with Crippen molar-refractivity contribution in [3.05, 3.63) is 83.4 Å². The van der Waals surface area contributed by atoms with Crippen molar-refractivity contribution in [2.45, 2.75) is 58.5 Å². The van der Waals surface area contributed by atoms with Crippen LogP contribution in [0.1, 0.15) is 43.9 Å². The fourth-order valence-electron chi connectivity index (χ4n) is 4.66. The molecular formula is C33H43N3O6S. The molecule has 10 heteroatoms. The molecular weight excluding hydrogens is 566 g/mol. The van der Waals surface area contributed by atoms with Crippen LogP contribution < -0.4 is 19.1 Å². The second-order valence-corrected chi connectivity index (χ2v) is 12.8. The molecule has 2 amide bonds. The normalized spacial score (nSPS) is 12.0. The summed E-state index contributed by atoms with van der Waals surface area (Å²) in [5.41, 5.74) is 2.66. The molecule has 3 rings (SSSR count). The van der Waals surface area contributed by atoms with E-state index < -0.39 is 28.5 Å². The molecule has 1 N–H and O–H groups in total. The first-order valence-electron chi connectivity index (χ1n) is 14.3. The standard InChI is InChI=1S/C33H43N3O6S/c1-8-29(33(38)34-20-23(2)3)35(21-26-10-9-11-27(19-26)41-6)32(37)22-36(30-18-25(5)14-17-31(30)42-7)43(39,40)28-15-12-24(4)13-16-28/h9-19,23,29H,8,20-22H2,1-7H3,(H,34,38)/t29-/m1/s1. The highest BCUT2D eigenvalue weighted by Crippen LogP contribution is 2.34. The molecule has 3 aromatic carbocycles. The van der Waals surface area contributed by atoms with Gasteiger partial charge in [0.2, 0.25) is 11.8 Å². The predicted molar refractivity (Wildman–Crippen MR) is 169 cm³/mol. The number of carbonyl (C=O) groups excluding carboxylic acids is 2. The van der Waals surface area contributed by atoms with Crippen molar-refractivity contribution in [1.29, 1.82) is 0 Å². The summed E-state index contributed by atoms with van der Waals surface area (Å²) in [5, 5.41) is 2.94. The molecule has 0 bridgehead atoms. The van der Waals surface area contributed by atoms with Crippen LogP contribution >= 0.6 is 0 Å².